The van der Waals surface area contributed by atoms with Crippen LogP contribution >= 0.6 is 0 Å². The first-order valence-electron chi connectivity index (χ1n) is 11.4. The van der Waals surface area contributed by atoms with Crippen molar-refractivity contribution in [2.45, 2.75) is 13.0 Å². The Bertz CT molecular complexity index is 1770. The Morgan fingerprint density at radius 1 is 0.857 bits per heavy atom. The summed E-state index contributed by atoms with van der Waals surface area (Å²) in [6.07, 6.45) is 0. The molecule has 6 rings (SSSR count). The fourth-order valence-corrected chi connectivity index (χ4v) is 5.28. The second kappa shape index (κ2) is 7.50. The van der Waals surface area contributed by atoms with Gasteiger partial charge in [0.1, 0.15) is 5.75 Å². The number of benzene rings is 3. The lowest BCUT2D eigenvalue weighted by Gasteiger charge is -2.31. The summed E-state index contributed by atoms with van der Waals surface area (Å²) < 4.78 is 4.77. The molecule has 0 aliphatic carbocycles. The van der Waals surface area contributed by atoms with Crippen LogP contribution in [0.1, 0.15) is 22.9 Å². The van der Waals surface area contributed by atoms with Crippen LogP contribution in [0.5, 0.6) is 5.75 Å². The van der Waals surface area contributed by atoms with Crippen molar-refractivity contribution in [3.05, 3.63) is 110 Å². The van der Waals surface area contributed by atoms with Crippen LogP contribution in [-0.2, 0) is 14.1 Å². The molecule has 0 fully saturated rings. The Hall–Kier alpha value is -4.52. The highest BCUT2D eigenvalue weighted by molar-refractivity contribution is 6.00. The van der Waals surface area contributed by atoms with E-state index in [0.29, 0.717) is 16.5 Å². The Labute approximate surface area is 201 Å². The molecule has 7 heteroatoms. The zero-order valence-corrected chi connectivity index (χ0v) is 19.6. The second-order valence-corrected chi connectivity index (χ2v) is 8.97. The SMILES string of the molecule is Cc1ccccc1-c1c2c(=O)n(C)c(=O)n(C)c2c2n1-c1ccccc1N[C@H]2c1ccccc1O. The van der Waals surface area contributed by atoms with E-state index >= 15 is 0 Å². The third-order valence-corrected chi connectivity index (χ3v) is 6.97. The predicted molar refractivity (Wildman–Crippen MR) is 138 cm³/mol. The average Bonchev–Trinajstić information content (AvgIpc) is 3.23. The van der Waals surface area contributed by atoms with Crippen molar-refractivity contribution in [2.75, 3.05) is 5.32 Å². The van der Waals surface area contributed by atoms with Gasteiger partial charge in [-0.1, -0.05) is 54.6 Å². The normalized spacial score (nSPS) is 14.4. The number of nitrogens with zero attached hydrogens (tertiary/aromatic N) is 3. The first-order valence-corrected chi connectivity index (χ1v) is 11.4. The van der Waals surface area contributed by atoms with Crippen molar-refractivity contribution in [1.29, 1.82) is 0 Å². The van der Waals surface area contributed by atoms with E-state index in [1.54, 1.807) is 19.2 Å². The molecule has 7 nitrogen and oxygen atoms in total. The van der Waals surface area contributed by atoms with Crippen LogP contribution in [0.25, 0.3) is 27.8 Å². The van der Waals surface area contributed by atoms with Crippen LogP contribution in [-0.4, -0.2) is 18.8 Å². The predicted octanol–water partition coefficient (Wildman–Crippen LogP) is 4.22. The topological polar surface area (TPSA) is 81.2 Å². The number of hydrogen-bond acceptors (Lipinski definition) is 4. The number of anilines is 1. The van der Waals surface area contributed by atoms with Gasteiger partial charge in [-0.25, -0.2) is 4.79 Å². The van der Waals surface area contributed by atoms with Crippen molar-refractivity contribution >= 4 is 16.6 Å². The highest BCUT2D eigenvalue weighted by Gasteiger charge is 2.35. The molecule has 0 spiro atoms. The van der Waals surface area contributed by atoms with Crippen molar-refractivity contribution in [3.63, 3.8) is 0 Å². The molecule has 5 aromatic rings. The standard InChI is InChI=1S/C28H24N4O3/c1-16-10-4-5-11-17(16)24-22-25(30(2)28(35)31(3)27(22)34)26-23(18-12-6-9-15-21(18)33)29-19-13-7-8-14-20(19)32(24)26/h4-15,23,29,33H,1-3H3/t23-/m0/s1. The summed E-state index contributed by atoms with van der Waals surface area (Å²) in [5.41, 5.74) is 5.59. The molecule has 1 aliphatic rings. The number of nitrogens with one attached hydrogen (secondary N) is 1. The van der Waals surface area contributed by atoms with Gasteiger partial charge < -0.3 is 15.0 Å². The Kier molecular flexibility index (Phi) is 4.51. The molecule has 35 heavy (non-hydrogen) atoms. The quantitative estimate of drug-likeness (QED) is 0.410. The molecule has 1 atom stereocenters. The van der Waals surface area contributed by atoms with Crippen molar-refractivity contribution in [2.24, 2.45) is 14.1 Å². The molecule has 0 bridgehead atoms. The van der Waals surface area contributed by atoms with Crippen molar-refractivity contribution in [1.82, 2.24) is 13.7 Å². The van der Waals surface area contributed by atoms with E-state index < -0.39 is 11.7 Å². The maximum Gasteiger partial charge on any atom is 0.331 e. The highest BCUT2D eigenvalue weighted by atomic mass is 16.3. The second-order valence-electron chi connectivity index (χ2n) is 8.97. The van der Waals surface area contributed by atoms with E-state index in [0.717, 1.165) is 38.5 Å². The number of phenolic OH excluding ortho intramolecular Hbond substituents is 1. The van der Waals surface area contributed by atoms with E-state index in [4.69, 9.17) is 0 Å². The molecule has 174 valence electrons. The van der Waals surface area contributed by atoms with Gasteiger partial charge in [0, 0.05) is 25.2 Å². The molecular weight excluding hydrogens is 440 g/mol. The molecule has 0 amide bonds. The number of fused-ring (bicyclic) bond motifs is 5. The van der Waals surface area contributed by atoms with Gasteiger partial charge in [-0.2, -0.15) is 0 Å². The maximum absolute atomic E-state index is 13.7. The smallest absolute Gasteiger partial charge is 0.331 e. The summed E-state index contributed by atoms with van der Waals surface area (Å²) in [5, 5.41) is 14.8. The lowest BCUT2D eigenvalue weighted by atomic mass is 9.98. The fourth-order valence-electron chi connectivity index (χ4n) is 5.28. The number of aromatic hydroxyl groups is 1. The van der Waals surface area contributed by atoms with Gasteiger partial charge in [-0.15, -0.1) is 0 Å². The third-order valence-electron chi connectivity index (χ3n) is 6.97. The summed E-state index contributed by atoms with van der Waals surface area (Å²) in [4.78, 5) is 26.8. The van der Waals surface area contributed by atoms with Crippen LogP contribution in [0.3, 0.4) is 0 Å². The number of aromatic nitrogens is 3. The minimum Gasteiger partial charge on any atom is -0.508 e. The number of aryl methyl sites for hydroxylation is 2. The van der Waals surface area contributed by atoms with Gasteiger partial charge in [0.05, 0.1) is 39.7 Å². The molecule has 3 heterocycles. The van der Waals surface area contributed by atoms with Crippen molar-refractivity contribution in [3.8, 4) is 22.7 Å². The van der Waals surface area contributed by atoms with Crippen LogP contribution in [0.15, 0.2) is 82.4 Å². The lowest BCUT2D eigenvalue weighted by Crippen LogP contribution is -2.37. The first-order chi connectivity index (χ1) is 16.9. The zero-order chi connectivity index (χ0) is 24.4. The summed E-state index contributed by atoms with van der Waals surface area (Å²) in [5.74, 6) is 0.136. The molecule has 0 saturated carbocycles. The van der Waals surface area contributed by atoms with Gasteiger partial charge in [0.15, 0.2) is 0 Å². The molecule has 1 aliphatic heterocycles. The Balaban J connectivity index is 1.90. The fraction of sp³-hybridized carbons (Fsp3) is 0.143. The summed E-state index contributed by atoms with van der Waals surface area (Å²) >= 11 is 0. The molecule has 2 aromatic heterocycles. The number of hydrogen-bond donors (Lipinski definition) is 2. The lowest BCUT2D eigenvalue weighted by molar-refractivity contribution is 0.465. The van der Waals surface area contributed by atoms with Crippen LogP contribution < -0.4 is 16.6 Å². The molecule has 0 unspecified atom stereocenters. The maximum atomic E-state index is 13.7. The third kappa shape index (κ3) is 2.84. The van der Waals surface area contributed by atoms with E-state index in [-0.39, 0.29) is 11.3 Å². The molecule has 0 radical (unpaired) electrons. The van der Waals surface area contributed by atoms with E-state index in [1.807, 2.05) is 67.6 Å². The minimum atomic E-state index is -0.496. The average molecular weight is 465 g/mol. The minimum absolute atomic E-state index is 0.136. The van der Waals surface area contributed by atoms with Gasteiger partial charge >= 0.3 is 5.69 Å². The number of para-hydroxylation sites is 3. The van der Waals surface area contributed by atoms with Crippen LogP contribution in [0.4, 0.5) is 5.69 Å². The summed E-state index contributed by atoms with van der Waals surface area (Å²) in [6, 6.07) is 22.5. The van der Waals surface area contributed by atoms with E-state index in [9.17, 15) is 14.7 Å². The Morgan fingerprint density at radius 3 is 2.31 bits per heavy atom. The van der Waals surface area contributed by atoms with Crippen LogP contribution in [0, 0.1) is 6.92 Å². The Morgan fingerprint density at radius 2 is 1.54 bits per heavy atom. The van der Waals surface area contributed by atoms with E-state index in [1.165, 1.54) is 11.6 Å². The van der Waals surface area contributed by atoms with Gasteiger partial charge in [0.2, 0.25) is 0 Å². The highest BCUT2D eigenvalue weighted by Crippen LogP contribution is 2.47. The van der Waals surface area contributed by atoms with Gasteiger partial charge in [-0.3, -0.25) is 13.9 Å². The molecule has 3 aromatic carbocycles. The van der Waals surface area contributed by atoms with Crippen LogP contribution in [0.2, 0.25) is 0 Å². The molecule has 0 saturated heterocycles. The van der Waals surface area contributed by atoms with Gasteiger partial charge in [-0.05, 0) is 30.7 Å². The number of rotatable bonds is 2. The monoisotopic (exact) mass is 464 g/mol. The van der Waals surface area contributed by atoms with E-state index in [2.05, 4.69) is 9.88 Å². The van der Waals surface area contributed by atoms with Gasteiger partial charge in [0.25, 0.3) is 5.56 Å². The summed E-state index contributed by atoms with van der Waals surface area (Å²) in [7, 11) is 3.20. The largest absolute Gasteiger partial charge is 0.508 e. The number of phenols is 1. The summed E-state index contributed by atoms with van der Waals surface area (Å²) in [6.45, 7) is 2.01. The van der Waals surface area contributed by atoms with Crippen molar-refractivity contribution < 1.29 is 5.11 Å². The molecule has 2 N–H and O–H groups in total. The molecular formula is C28H24N4O3. The zero-order valence-electron chi connectivity index (χ0n) is 19.6. The first kappa shape index (κ1) is 21.0.